The molecule has 0 saturated carbocycles. The fourth-order valence-corrected chi connectivity index (χ4v) is 2.85. The van der Waals surface area contributed by atoms with E-state index in [4.69, 9.17) is 4.74 Å². The van der Waals surface area contributed by atoms with Crippen LogP contribution in [0.4, 0.5) is 0 Å². The van der Waals surface area contributed by atoms with Crippen molar-refractivity contribution in [1.29, 1.82) is 0 Å². The molecule has 1 amide bonds. The van der Waals surface area contributed by atoms with E-state index in [2.05, 4.69) is 42.9 Å². The van der Waals surface area contributed by atoms with Crippen LogP contribution in [0.5, 0.6) is 0 Å². The van der Waals surface area contributed by atoms with Crippen molar-refractivity contribution in [2.75, 3.05) is 13.1 Å². The summed E-state index contributed by atoms with van der Waals surface area (Å²) in [6.07, 6.45) is 4.92. The summed E-state index contributed by atoms with van der Waals surface area (Å²) >= 11 is 0. The summed E-state index contributed by atoms with van der Waals surface area (Å²) in [5.41, 5.74) is 2.36. The van der Waals surface area contributed by atoms with Gasteiger partial charge in [0.05, 0.1) is 18.8 Å². The smallest absolute Gasteiger partial charge is 0.246 e. The summed E-state index contributed by atoms with van der Waals surface area (Å²) in [5.74, 6) is -0.0661. The van der Waals surface area contributed by atoms with Crippen LogP contribution in [-0.2, 0) is 16.1 Å². The van der Waals surface area contributed by atoms with Crippen LogP contribution in [0, 0.1) is 6.92 Å². The lowest BCUT2D eigenvalue weighted by Crippen LogP contribution is -2.28. The van der Waals surface area contributed by atoms with Gasteiger partial charge in [-0.2, -0.15) is 5.10 Å². The number of ether oxygens (including phenoxy) is 1. The maximum atomic E-state index is 11.9. The number of hydrogen-bond acceptors (Lipinski definition) is 3. The van der Waals surface area contributed by atoms with Crippen molar-refractivity contribution >= 4 is 5.91 Å². The third-order valence-electron chi connectivity index (χ3n) is 4.17. The van der Waals surface area contributed by atoms with E-state index in [9.17, 15) is 4.79 Å². The predicted molar refractivity (Wildman–Crippen MR) is 87.8 cm³/mol. The fraction of sp³-hybridized carbons (Fsp3) is 0.333. The first kappa shape index (κ1) is 15.5. The van der Waals surface area contributed by atoms with Gasteiger partial charge in [0.25, 0.3) is 0 Å². The Morgan fingerprint density at radius 2 is 2.17 bits per heavy atom. The Morgan fingerprint density at radius 3 is 2.83 bits per heavy atom. The first-order valence-electron chi connectivity index (χ1n) is 7.75. The number of benzene rings is 1. The van der Waals surface area contributed by atoms with Gasteiger partial charge >= 0.3 is 0 Å². The Balaban J connectivity index is 1.70. The van der Waals surface area contributed by atoms with E-state index in [1.54, 1.807) is 11.1 Å². The average Bonchev–Trinajstić information content (AvgIpc) is 3.22. The standard InChI is InChI=1S/C18H21N3O2/c1-3-18(22)20-11-16(21-10-4-9-19-21)17(12-20)23-13-15-7-5-14(2)6-8-15/h3-10,16-17H,1,11-13H2,2H3/t16-,17-/m1/s1. The minimum Gasteiger partial charge on any atom is -0.369 e. The summed E-state index contributed by atoms with van der Waals surface area (Å²) in [5, 5.41) is 4.31. The van der Waals surface area contributed by atoms with Crippen LogP contribution in [0.3, 0.4) is 0 Å². The first-order chi connectivity index (χ1) is 11.2. The molecule has 0 spiro atoms. The highest BCUT2D eigenvalue weighted by molar-refractivity contribution is 5.87. The second kappa shape index (κ2) is 6.79. The Hall–Kier alpha value is -2.40. The second-order valence-electron chi connectivity index (χ2n) is 5.84. The summed E-state index contributed by atoms with van der Waals surface area (Å²) in [4.78, 5) is 13.7. The van der Waals surface area contributed by atoms with Crippen LogP contribution >= 0.6 is 0 Å². The van der Waals surface area contributed by atoms with Gasteiger partial charge in [-0.3, -0.25) is 9.48 Å². The molecule has 0 bridgehead atoms. The number of carbonyl (C=O) groups is 1. The molecule has 1 aromatic heterocycles. The van der Waals surface area contributed by atoms with Crippen LogP contribution in [0.1, 0.15) is 17.2 Å². The second-order valence-corrected chi connectivity index (χ2v) is 5.84. The molecule has 2 heterocycles. The van der Waals surface area contributed by atoms with Crippen LogP contribution in [-0.4, -0.2) is 39.8 Å². The molecule has 0 aliphatic carbocycles. The van der Waals surface area contributed by atoms with Gasteiger partial charge < -0.3 is 9.64 Å². The zero-order chi connectivity index (χ0) is 16.2. The highest BCUT2D eigenvalue weighted by Gasteiger charge is 2.36. The SMILES string of the molecule is C=CC(=O)N1C[C@@H](n2cccn2)[C@H](OCc2ccc(C)cc2)C1. The molecule has 0 unspecified atom stereocenters. The van der Waals surface area contributed by atoms with Gasteiger partial charge in [0.1, 0.15) is 0 Å². The first-order valence-corrected chi connectivity index (χ1v) is 7.75. The molecule has 120 valence electrons. The third kappa shape index (κ3) is 3.51. The molecule has 2 aromatic rings. The largest absolute Gasteiger partial charge is 0.369 e. The molecule has 1 aliphatic rings. The Kier molecular flexibility index (Phi) is 4.57. The Morgan fingerprint density at radius 1 is 1.39 bits per heavy atom. The molecular weight excluding hydrogens is 290 g/mol. The van der Waals surface area contributed by atoms with Crippen molar-refractivity contribution in [2.45, 2.75) is 25.7 Å². The Labute approximate surface area is 136 Å². The summed E-state index contributed by atoms with van der Waals surface area (Å²) in [7, 11) is 0. The molecule has 3 rings (SSSR count). The van der Waals surface area contributed by atoms with Crippen LogP contribution in [0.15, 0.2) is 55.4 Å². The topological polar surface area (TPSA) is 47.4 Å². The zero-order valence-electron chi connectivity index (χ0n) is 13.3. The van der Waals surface area contributed by atoms with Gasteiger partial charge in [-0.1, -0.05) is 36.4 Å². The highest BCUT2D eigenvalue weighted by Crippen LogP contribution is 2.25. The Bertz CT molecular complexity index is 664. The van der Waals surface area contributed by atoms with Gasteiger partial charge in [-0.25, -0.2) is 0 Å². The number of amides is 1. The number of nitrogens with zero attached hydrogens (tertiary/aromatic N) is 3. The summed E-state index contributed by atoms with van der Waals surface area (Å²) in [6, 6.07) is 10.2. The number of aromatic nitrogens is 2. The molecule has 1 fully saturated rings. The number of likely N-dealkylation sites (tertiary alicyclic amines) is 1. The van der Waals surface area contributed by atoms with Gasteiger partial charge in [-0.05, 0) is 24.6 Å². The van der Waals surface area contributed by atoms with Crippen molar-refractivity contribution in [3.05, 3.63) is 66.5 Å². The fourth-order valence-electron chi connectivity index (χ4n) is 2.85. The molecule has 2 atom stereocenters. The lowest BCUT2D eigenvalue weighted by Gasteiger charge is -2.19. The maximum Gasteiger partial charge on any atom is 0.246 e. The molecule has 0 N–H and O–H groups in total. The number of hydrogen-bond donors (Lipinski definition) is 0. The summed E-state index contributed by atoms with van der Waals surface area (Å²) < 4.78 is 7.97. The van der Waals surface area contributed by atoms with E-state index >= 15 is 0 Å². The summed E-state index contributed by atoms with van der Waals surface area (Å²) in [6.45, 7) is 7.30. The maximum absolute atomic E-state index is 11.9. The van der Waals surface area contributed by atoms with Crippen LogP contribution < -0.4 is 0 Å². The van der Waals surface area contributed by atoms with E-state index in [1.165, 1.54) is 11.6 Å². The molecule has 0 radical (unpaired) electrons. The van der Waals surface area contributed by atoms with Crippen molar-refractivity contribution in [1.82, 2.24) is 14.7 Å². The number of carbonyl (C=O) groups excluding carboxylic acids is 1. The normalized spacial score (nSPS) is 20.7. The van der Waals surface area contributed by atoms with Crippen molar-refractivity contribution < 1.29 is 9.53 Å². The van der Waals surface area contributed by atoms with Gasteiger partial charge in [0, 0.05) is 25.5 Å². The highest BCUT2D eigenvalue weighted by atomic mass is 16.5. The molecular formula is C18H21N3O2. The lowest BCUT2D eigenvalue weighted by molar-refractivity contribution is -0.125. The number of aryl methyl sites for hydroxylation is 1. The minimum absolute atomic E-state index is 0.0272. The molecule has 1 aliphatic heterocycles. The van der Waals surface area contributed by atoms with Crippen molar-refractivity contribution in [3.8, 4) is 0 Å². The lowest BCUT2D eigenvalue weighted by atomic mass is 10.1. The van der Waals surface area contributed by atoms with E-state index in [1.807, 2.05) is 16.9 Å². The molecule has 5 nitrogen and oxygen atoms in total. The van der Waals surface area contributed by atoms with Gasteiger partial charge in [0.2, 0.25) is 5.91 Å². The number of rotatable bonds is 5. The van der Waals surface area contributed by atoms with Crippen molar-refractivity contribution in [3.63, 3.8) is 0 Å². The van der Waals surface area contributed by atoms with Gasteiger partial charge in [0.15, 0.2) is 0 Å². The molecule has 5 heteroatoms. The molecule has 1 saturated heterocycles. The predicted octanol–water partition coefficient (Wildman–Crippen LogP) is 2.35. The molecule has 1 aromatic carbocycles. The van der Waals surface area contributed by atoms with Crippen LogP contribution in [0.25, 0.3) is 0 Å². The van der Waals surface area contributed by atoms with E-state index in [-0.39, 0.29) is 18.1 Å². The van der Waals surface area contributed by atoms with Crippen LogP contribution in [0.2, 0.25) is 0 Å². The quantitative estimate of drug-likeness (QED) is 0.796. The van der Waals surface area contributed by atoms with E-state index in [0.29, 0.717) is 19.7 Å². The van der Waals surface area contributed by atoms with E-state index in [0.717, 1.165) is 5.56 Å². The molecule has 23 heavy (non-hydrogen) atoms. The monoisotopic (exact) mass is 311 g/mol. The van der Waals surface area contributed by atoms with Gasteiger partial charge in [-0.15, -0.1) is 0 Å². The zero-order valence-corrected chi connectivity index (χ0v) is 13.3. The minimum atomic E-state index is -0.0832. The van der Waals surface area contributed by atoms with Crippen molar-refractivity contribution in [2.24, 2.45) is 0 Å². The van der Waals surface area contributed by atoms with E-state index < -0.39 is 0 Å². The average molecular weight is 311 g/mol. The third-order valence-corrected chi connectivity index (χ3v) is 4.17.